The van der Waals surface area contributed by atoms with Gasteiger partial charge in [0.25, 0.3) is 5.91 Å². The van der Waals surface area contributed by atoms with Crippen molar-refractivity contribution >= 4 is 17.3 Å². The maximum absolute atomic E-state index is 11.8. The maximum Gasteiger partial charge on any atom is 0.251 e. The summed E-state index contributed by atoms with van der Waals surface area (Å²) in [5.41, 5.74) is 13.3. The molecule has 6 nitrogen and oxygen atoms in total. The molecule has 0 aliphatic heterocycles. The molecule has 0 saturated heterocycles. The Bertz CT molecular complexity index is 557. The molecule has 2 rings (SSSR count). The van der Waals surface area contributed by atoms with Crippen LogP contribution in [0.25, 0.3) is 0 Å². The summed E-state index contributed by atoms with van der Waals surface area (Å²) in [5.74, 6) is 0.334. The largest absolute Gasteiger partial charge is 0.399 e. The minimum absolute atomic E-state index is 0.261. The minimum atomic E-state index is -0.261. The highest BCUT2D eigenvalue weighted by Crippen LogP contribution is 2.13. The van der Waals surface area contributed by atoms with Gasteiger partial charge in [-0.25, -0.2) is 0 Å². The summed E-state index contributed by atoms with van der Waals surface area (Å²) in [4.78, 5) is 11.8. The number of amides is 1. The van der Waals surface area contributed by atoms with Gasteiger partial charge in [-0.1, -0.05) is 5.16 Å². The molecule has 0 aliphatic rings. The summed E-state index contributed by atoms with van der Waals surface area (Å²) in [7, 11) is 0. The normalized spacial score (nSPS) is 10.3. The van der Waals surface area contributed by atoms with Crippen LogP contribution in [0.1, 0.15) is 21.8 Å². The van der Waals surface area contributed by atoms with E-state index >= 15 is 0 Å². The molecule has 2 aromatic rings. The Balaban J connectivity index is 2.03. The average Bonchev–Trinajstić information content (AvgIpc) is 2.70. The molecule has 6 heteroatoms. The highest BCUT2D eigenvalue weighted by atomic mass is 16.5. The van der Waals surface area contributed by atoms with Crippen LogP contribution in [-0.4, -0.2) is 11.1 Å². The maximum atomic E-state index is 11.8. The van der Waals surface area contributed by atoms with Gasteiger partial charge in [-0.3, -0.25) is 4.79 Å². The zero-order valence-electron chi connectivity index (χ0n) is 9.93. The van der Waals surface area contributed by atoms with Gasteiger partial charge in [0, 0.05) is 23.0 Å². The van der Waals surface area contributed by atoms with Crippen molar-refractivity contribution in [3.8, 4) is 0 Å². The molecule has 1 aromatic carbocycles. The van der Waals surface area contributed by atoms with Crippen molar-refractivity contribution in [2.45, 2.75) is 13.5 Å². The van der Waals surface area contributed by atoms with Crippen LogP contribution in [0, 0.1) is 6.92 Å². The van der Waals surface area contributed by atoms with E-state index in [2.05, 4.69) is 10.5 Å². The fraction of sp³-hybridized carbons (Fsp3) is 0.167. The second kappa shape index (κ2) is 4.79. The summed E-state index contributed by atoms with van der Waals surface area (Å²) in [6.07, 6.45) is 0. The molecule has 0 spiro atoms. The fourth-order valence-electron chi connectivity index (χ4n) is 1.58. The highest BCUT2D eigenvalue weighted by molar-refractivity contribution is 5.96. The Morgan fingerprint density at radius 3 is 2.50 bits per heavy atom. The first-order valence-corrected chi connectivity index (χ1v) is 5.41. The van der Waals surface area contributed by atoms with E-state index in [1.54, 1.807) is 24.3 Å². The van der Waals surface area contributed by atoms with Crippen molar-refractivity contribution in [1.29, 1.82) is 0 Å². The van der Waals surface area contributed by atoms with Crippen LogP contribution in [0.5, 0.6) is 0 Å². The summed E-state index contributed by atoms with van der Waals surface area (Å²) in [6, 6.07) is 6.49. The molecule has 18 heavy (non-hydrogen) atoms. The Labute approximate surface area is 104 Å². The zero-order chi connectivity index (χ0) is 13.1. The van der Waals surface area contributed by atoms with Gasteiger partial charge in [0.1, 0.15) is 0 Å². The van der Waals surface area contributed by atoms with E-state index in [0.717, 1.165) is 5.69 Å². The Morgan fingerprint density at radius 2 is 1.94 bits per heavy atom. The minimum Gasteiger partial charge on any atom is -0.399 e. The fourth-order valence-corrected chi connectivity index (χ4v) is 1.58. The predicted molar refractivity (Wildman–Crippen MR) is 67.7 cm³/mol. The van der Waals surface area contributed by atoms with Crippen molar-refractivity contribution in [2.75, 3.05) is 11.5 Å². The van der Waals surface area contributed by atoms with Gasteiger partial charge in [0.15, 0.2) is 5.76 Å². The smallest absolute Gasteiger partial charge is 0.251 e. The molecule has 0 unspecified atom stereocenters. The summed E-state index contributed by atoms with van der Waals surface area (Å²) in [6.45, 7) is 2.09. The molecule has 1 heterocycles. The molecule has 0 fully saturated rings. The average molecular weight is 246 g/mol. The van der Waals surface area contributed by atoms with Crippen LogP contribution in [0.2, 0.25) is 0 Å². The number of hydrogen-bond donors (Lipinski definition) is 3. The third kappa shape index (κ3) is 2.79. The third-order valence-electron chi connectivity index (χ3n) is 2.34. The van der Waals surface area contributed by atoms with Crippen molar-refractivity contribution in [3.63, 3.8) is 0 Å². The number of nitrogens with two attached hydrogens (primary N) is 2. The number of nitrogen functional groups attached to an aromatic ring is 2. The SMILES string of the molecule is Cc1cc(CNC(=O)c2cc(N)cc(N)c2)on1. The van der Waals surface area contributed by atoms with Crippen molar-refractivity contribution in [2.24, 2.45) is 0 Å². The molecule has 5 N–H and O–H groups in total. The van der Waals surface area contributed by atoms with E-state index in [1.807, 2.05) is 6.92 Å². The van der Waals surface area contributed by atoms with Crippen LogP contribution in [0.15, 0.2) is 28.8 Å². The summed E-state index contributed by atoms with van der Waals surface area (Å²) in [5, 5.41) is 6.43. The lowest BCUT2D eigenvalue weighted by Crippen LogP contribution is -2.22. The van der Waals surface area contributed by atoms with Crippen LogP contribution in [-0.2, 0) is 6.54 Å². The quantitative estimate of drug-likeness (QED) is 0.702. The van der Waals surface area contributed by atoms with E-state index in [9.17, 15) is 4.79 Å². The second-order valence-corrected chi connectivity index (χ2v) is 4.01. The Morgan fingerprint density at radius 1 is 1.28 bits per heavy atom. The van der Waals surface area contributed by atoms with Crippen LogP contribution in [0.3, 0.4) is 0 Å². The van der Waals surface area contributed by atoms with Crippen LogP contribution >= 0.6 is 0 Å². The predicted octanol–water partition coefficient (Wildman–Crippen LogP) is 1.08. The molecule has 0 aliphatic carbocycles. The van der Waals surface area contributed by atoms with Gasteiger partial charge in [-0.15, -0.1) is 0 Å². The molecule has 0 atom stereocenters. The molecular weight excluding hydrogens is 232 g/mol. The number of carbonyl (C=O) groups is 1. The molecular formula is C12H14N4O2. The van der Waals surface area contributed by atoms with E-state index in [0.29, 0.717) is 22.7 Å². The summed E-state index contributed by atoms with van der Waals surface area (Å²) >= 11 is 0. The van der Waals surface area contributed by atoms with E-state index < -0.39 is 0 Å². The molecule has 94 valence electrons. The number of carbonyl (C=O) groups excluding carboxylic acids is 1. The Hall–Kier alpha value is -2.50. The molecule has 1 amide bonds. The van der Waals surface area contributed by atoms with Crippen LogP contribution in [0.4, 0.5) is 11.4 Å². The number of aryl methyl sites for hydroxylation is 1. The number of hydrogen-bond acceptors (Lipinski definition) is 5. The second-order valence-electron chi connectivity index (χ2n) is 4.01. The standard InChI is InChI=1S/C12H14N4O2/c1-7-2-11(18-16-7)6-15-12(17)8-3-9(13)5-10(14)4-8/h2-5H,6,13-14H2,1H3,(H,15,17). The lowest BCUT2D eigenvalue weighted by atomic mass is 10.1. The van der Waals surface area contributed by atoms with Crippen molar-refractivity contribution in [1.82, 2.24) is 10.5 Å². The van der Waals surface area contributed by atoms with E-state index in [4.69, 9.17) is 16.0 Å². The number of benzene rings is 1. The lowest BCUT2D eigenvalue weighted by molar-refractivity contribution is 0.0947. The highest BCUT2D eigenvalue weighted by Gasteiger charge is 2.08. The van der Waals surface area contributed by atoms with Gasteiger partial charge in [-0.2, -0.15) is 0 Å². The van der Waals surface area contributed by atoms with Gasteiger partial charge >= 0.3 is 0 Å². The van der Waals surface area contributed by atoms with Gasteiger partial charge < -0.3 is 21.3 Å². The number of aromatic nitrogens is 1. The van der Waals surface area contributed by atoms with Gasteiger partial charge in [0.2, 0.25) is 0 Å². The van der Waals surface area contributed by atoms with E-state index in [1.165, 1.54) is 0 Å². The first-order chi connectivity index (χ1) is 8.54. The number of nitrogens with zero attached hydrogens (tertiary/aromatic N) is 1. The molecule has 1 aromatic heterocycles. The first kappa shape index (κ1) is 12.0. The van der Waals surface area contributed by atoms with Crippen molar-refractivity contribution in [3.05, 3.63) is 41.3 Å². The Kier molecular flexibility index (Phi) is 3.18. The van der Waals surface area contributed by atoms with Gasteiger partial charge in [-0.05, 0) is 25.1 Å². The molecule has 0 saturated carbocycles. The molecule has 0 radical (unpaired) electrons. The number of nitrogens with one attached hydrogen (secondary N) is 1. The third-order valence-corrected chi connectivity index (χ3v) is 2.34. The van der Waals surface area contributed by atoms with Crippen molar-refractivity contribution < 1.29 is 9.32 Å². The first-order valence-electron chi connectivity index (χ1n) is 5.41. The number of rotatable bonds is 3. The topological polar surface area (TPSA) is 107 Å². The zero-order valence-corrected chi connectivity index (χ0v) is 9.93. The molecule has 0 bridgehead atoms. The summed E-state index contributed by atoms with van der Waals surface area (Å²) < 4.78 is 4.98. The lowest BCUT2D eigenvalue weighted by Gasteiger charge is -2.05. The van der Waals surface area contributed by atoms with E-state index in [-0.39, 0.29) is 12.5 Å². The number of anilines is 2. The van der Waals surface area contributed by atoms with Gasteiger partial charge in [0.05, 0.1) is 12.2 Å². The van der Waals surface area contributed by atoms with Crippen LogP contribution < -0.4 is 16.8 Å². The monoisotopic (exact) mass is 246 g/mol.